The van der Waals surface area contributed by atoms with Gasteiger partial charge in [0.15, 0.2) is 0 Å². The van der Waals surface area contributed by atoms with Gasteiger partial charge in [-0.1, -0.05) is 0 Å². The highest BCUT2D eigenvalue weighted by atomic mass is 16.5. The Hall–Kier alpha value is -0.610. The van der Waals surface area contributed by atoms with Gasteiger partial charge < -0.3 is 15.2 Å². The molecule has 1 rings (SSSR count). The fourth-order valence-corrected chi connectivity index (χ4v) is 1.84. The first-order valence-electron chi connectivity index (χ1n) is 5.09. The SMILES string of the molecule is COC(=O)CC(CN)C1CCC(C)O1. The highest BCUT2D eigenvalue weighted by Crippen LogP contribution is 2.26. The minimum absolute atomic E-state index is 0.104. The smallest absolute Gasteiger partial charge is 0.305 e. The van der Waals surface area contributed by atoms with Crippen molar-refractivity contribution in [3.8, 4) is 0 Å². The fourth-order valence-electron chi connectivity index (χ4n) is 1.84. The lowest BCUT2D eigenvalue weighted by atomic mass is 9.96. The van der Waals surface area contributed by atoms with Gasteiger partial charge in [0.05, 0.1) is 25.7 Å². The Bertz CT molecular complexity index is 196. The third-order valence-corrected chi connectivity index (χ3v) is 2.75. The monoisotopic (exact) mass is 201 g/mol. The Balaban J connectivity index is 2.41. The van der Waals surface area contributed by atoms with Gasteiger partial charge in [0.25, 0.3) is 0 Å². The lowest BCUT2D eigenvalue weighted by Crippen LogP contribution is -2.30. The van der Waals surface area contributed by atoms with E-state index in [9.17, 15) is 4.79 Å². The van der Waals surface area contributed by atoms with Crippen LogP contribution in [0.5, 0.6) is 0 Å². The van der Waals surface area contributed by atoms with Crippen molar-refractivity contribution in [2.24, 2.45) is 11.7 Å². The quantitative estimate of drug-likeness (QED) is 0.680. The maximum atomic E-state index is 11.1. The molecular formula is C10H19NO3. The number of methoxy groups -OCH3 is 1. The third-order valence-electron chi connectivity index (χ3n) is 2.75. The van der Waals surface area contributed by atoms with E-state index in [1.54, 1.807) is 0 Å². The number of nitrogens with two attached hydrogens (primary N) is 1. The molecule has 2 N–H and O–H groups in total. The second kappa shape index (κ2) is 5.32. The van der Waals surface area contributed by atoms with Crippen LogP contribution in [0, 0.1) is 5.92 Å². The van der Waals surface area contributed by atoms with E-state index in [0.717, 1.165) is 12.8 Å². The molecule has 3 unspecified atom stereocenters. The molecule has 0 radical (unpaired) electrons. The average Bonchev–Trinajstić information content (AvgIpc) is 2.60. The summed E-state index contributed by atoms with van der Waals surface area (Å²) in [6.45, 7) is 2.53. The Morgan fingerprint density at radius 2 is 2.36 bits per heavy atom. The molecule has 1 heterocycles. The summed E-state index contributed by atoms with van der Waals surface area (Å²) in [5.74, 6) is -0.101. The van der Waals surface area contributed by atoms with Gasteiger partial charge >= 0.3 is 5.97 Å². The van der Waals surface area contributed by atoms with Gasteiger partial charge in [-0.15, -0.1) is 0 Å². The molecular weight excluding hydrogens is 182 g/mol. The summed E-state index contributed by atoms with van der Waals surface area (Å²) in [4.78, 5) is 11.1. The summed E-state index contributed by atoms with van der Waals surface area (Å²) in [6.07, 6.45) is 2.85. The Labute approximate surface area is 84.7 Å². The highest BCUT2D eigenvalue weighted by molar-refractivity contribution is 5.69. The predicted molar refractivity (Wildman–Crippen MR) is 52.7 cm³/mol. The van der Waals surface area contributed by atoms with Gasteiger partial charge in [-0.05, 0) is 26.3 Å². The van der Waals surface area contributed by atoms with Gasteiger partial charge in [-0.2, -0.15) is 0 Å². The second-order valence-corrected chi connectivity index (χ2v) is 3.84. The minimum Gasteiger partial charge on any atom is -0.469 e. The van der Waals surface area contributed by atoms with Crippen molar-refractivity contribution in [3.63, 3.8) is 0 Å². The van der Waals surface area contributed by atoms with Gasteiger partial charge in [-0.3, -0.25) is 4.79 Å². The average molecular weight is 201 g/mol. The number of ether oxygens (including phenoxy) is 2. The zero-order chi connectivity index (χ0) is 10.6. The van der Waals surface area contributed by atoms with Crippen LogP contribution in [-0.2, 0) is 14.3 Å². The zero-order valence-electron chi connectivity index (χ0n) is 8.86. The van der Waals surface area contributed by atoms with Crippen LogP contribution in [0.25, 0.3) is 0 Å². The summed E-state index contributed by atoms with van der Waals surface area (Å²) in [5, 5.41) is 0. The number of carbonyl (C=O) groups is 1. The first-order valence-corrected chi connectivity index (χ1v) is 5.09. The van der Waals surface area contributed by atoms with Crippen LogP contribution in [0.1, 0.15) is 26.2 Å². The normalized spacial score (nSPS) is 28.8. The third kappa shape index (κ3) is 2.96. The first kappa shape index (κ1) is 11.5. The Morgan fingerprint density at radius 3 is 2.79 bits per heavy atom. The molecule has 0 bridgehead atoms. The summed E-state index contributed by atoms with van der Waals surface area (Å²) in [7, 11) is 1.40. The molecule has 82 valence electrons. The van der Waals surface area contributed by atoms with Gasteiger partial charge in [-0.25, -0.2) is 0 Å². The molecule has 0 spiro atoms. The van der Waals surface area contributed by atoms with Gasteiger partial charge in [0, 0.05) is 5.92 Å². The lowest BCUT2D eigenvalue weighted by Gasteiger charge is -2.20. The summed E-state index contributed by atoms with van der Waals surface area (Å²) >= 11 is 0. The Morgan fingerprint density at radius 1 is 1.64 bits per heavy atom. The Kier molecular flexibility index (Phi) is 4.35. The van der Waals surface area contributed by atoms with E-state index in [-0.39, 0.29) is 18.0 Å². The summed E-state index contributed by atoms with van der Waals surface area (Å²) < 4.78 is 10.3. The summed E-state index contributed by atoms with van der Waals surface area (Å²) in [5.41, 5.74) is 5.61. The number of hydrogen-bond acceptors (Lipinski definition) is 4. The van der Waals surface area contributed by atoms with Crippen LogP contribution < -0.4 is 5.73 Å². The van der Waals surface area contributed by atoms with Crippen molar-refractivity contribution in [1.82, 2.24) is 0 Å². The molecule has 4 heteroatoms. The first-order chi connectivity index (χ1) is 6.67. The molecule has 0 aromatic carbocycles. The van der Waals surface area contributed by atoms with Crippen LogP contribution in [0.3, 0.4) is 0 Å². The van der Waals surface area contributed by atoms with Crippen LogP contribution in [-0.4, -0.2) is 31.8 Å². The number of hydrogen-bond donors (Lipinski definition) is 1. The second-order valence-electron chi connectivity index (χ2n) is 3.84. The standard InChI is InChI=1S/C10H19NO3/c1-7-3-4-9(14-7)8(6-11)5-10(12)13-2/h7-9H,3-6,11H2,1-2H3. The molecule has 1 saturated heterocycles. The van der Waals surface area contributed by atoms with Crippen molar-refractivity contribution < 1.29 is 14.3 Å². The highest BCUT2D eigenvalue weighted by Gasteiger charge is 2.30. The molecule has 0 aromatic rings. The van der Waals surface area contributed by atoms with Crippen LogP contribution in [0.15, 0.2) is 0 Å². The van der Waals surface area contributed by atoms with Crippen molar-refractivity contribution in [2.75, 3.05) is 13.7 Å². The van der Waals surface area contributed by atoms with E-state index < -0.39 is 0 Å². The molecule has 0 aliphatic carbocycles. The topological polar surface area (TPSA) is 61.5 Å². The zero-order valence-corrected chi connectivity index (χ0v) is 8.86. The fraction of sp³-hybridized carbons (Fsp3) is 0.900. The van der Waals surface area contributed by atoms with Crippen LogP contribution >= 0.6 is 0 Å². The van der Waals surface area contributed by atoms with E-state index >= 15 is 0 Å². The van der Waals surface area contributed by atoms with Crippen molar-refractivity contribution in [2.45, 2.75) is 38.4 Å². The number of carbonyl (C=O) groups excluding carboxylic acids is 1. The number of rotatable bonds is 4. The van der Waals surface area contributed by atoms with Crippen molar-refractivity contribution in [3.05, 3.63) is 0 Å². The van der Waals surface area contributed by atoms with Gasteiger partial charge in [0.1, 0.15) is 0 Å². The van der Waals surface area contributed by atoms with Crippen molar-refractivity contribution in [1.29, 1.82) is 0 Å². The van der Waals surface area contributed by atoms with Crippen LogP contribution in [0.2, 0.25) is 0 Å². The lowest BCUT2D eigenvalue weighted by molar-refractivity contribution is -0.143. The predicted octanol–water partition coefficient (Wildman–Crippen LogP) is 0.692. The largest absolute Gasteiger partial charge is 0.469 e. The molecule has 14 heavy (non-hydrogen) atoms. The molecule has 3 atom stereocenters. The molecule has 1 aliphatic rings. The van der Waals surface area contributed by atoms with E-state index in [1.165, 1.54) is 7.11 Å². The van der Waals surface area contributed by atoms with Gasteiger partial charge in [0.2, 0.25) is 0 Å². The van der Waals surface area contributed by atoms with E-state index in [1.807, 2.05) is 6.92 Å². The maximum Gasteiger partial charge on any atom is 0.305 e. The number of esters is 1. The van der Waals surface area contributed by atoms with E-state index in [2.05, 4.69) is 4.74 Å². The molecule has 0 aromatic heterocycles. The van der Waals surface area contributed by atoms with Crippen LogP contribution in [0.4, 0.5) is 0 Å². The minimum atomic E-state index is -0.205. The molecule has 1 aliphatic heterocycles. The van der Waals surface area contributed by atoms with Crippen molar-refractivity contribution >= 4 is 5.97 Å². The summed E-state index contributed by atoms with van der Waals surface area (Å²) in [6, 6.07) is 0. The molecule has 0 saturated carbocycles. The van der Waals surface area contributed by atoms with E-state index in [4.69, 9.17) is 10.5 Å². The maximum absolute atomic E-state index is 11.1. The molecule has 4 nitrogen and oxygen atoms in total. The molecule has 0 amide bonds. The molecule has 1 fully saturated rings. The van der Waals surface area contributed by atoms with E-state index in [0.29, 0.717) is 19.1 Å².